The monoisotopic (exact) mass is 648 g/mol. The quantitative estimate of drug-likeness (QED) is 0.0720. The van der Waals surface area contributed by atoms with Crippen LogP contribution < -0.4 is 26.0 Å². The van der Waals surface area contributed by atoms with E-state index < -0.39 is 0 Å². The number of nitrogens with one attached hydrogen (secondary N) is 4. The number of unbranched alkanes of at least 4 members (excludes halogenated alkanes) is 1. The first kappa shape index (κ1) is 40.5. The summed E-state index contributed by atoms with van der Waals surface area (Å²) in [4.78, 5) is 35.2. The van der Waals surface area contributed by atoms with Crippen molar-refractivity contribution >= 4 is 24.7 Å². The number of nitrogens with zero attached hydrogens (tertiary/aromatic N) is 2. The van der Waals surface area contributed by atoms with Gasteiger partial charge in [0.05, 0.1) is 5.57 Å². The van der Waals surface area contributed by atoms with Crippen molar-refractivity contribution in [3.8, 4) is 11.8 Å². The average molecular weight is 649 g/mol. The van der Waals surface area contributed by atoms with Crippen molar-refractivity contribution in [3.05, 3.63) is 88.8 Å². The summed E-state index contributed by atoms with van der Waals surface area (Å²) in [6.07, 6.45) is 10.0. The number of halogens is 1. The lowest BCUT2D eigenvalue weighted by Gasteiger charge is -2.31. The average Bonchev–Trinajstić information content (AvgIpc) is 3.09. The van der Waals surface area contributed by atoms with Crippen LogP contribution in [0.15, 0.2) is 65.7 Å². The van der Waals surface area contributed by atoms with Crippen LogP contribution in [0, 0.1) is 23.1 Å². The Hall–Kier alpha value is -4.50. The Balaban J connectivity index is 0.000000504. The zero-order valence-corrected chi connectivity index (χ0v) is 28.0. The maximum Gasteiger partial charge on any atom is 0.219 e. The van der Waals surface area contributed by atoms with E-state index >= 15 is 0 Å². The van der Waals surface area contributed by atoms with E-state index in [-0.39, 0.29) is 24.4 Å². The largest absolute Gasteiger partial charge is 0.488 e. The second-order valence-corrected chi connectivity index (χ2v) is 10.6. The molecule has 4 N–H and O–H groups in total. The number of aldehydes is 2. The molecule has 3 rings (SSSR count). The third-order valence-corrected chi connectivity index (χ3v) is 7.33. The molecular weight excluding hydrogens is 599 g/mol. The van der Waals surface area contributed by atoms with Crippen molar-refractivity contribution in [1.29, 1.82) is 5.26 Å². The third-order valence-electron chi connectivity index (χ3n) is 7.33. The van der Waals surface area contributed by atoms with E-state index in [1.54, 1.807) is 56.6 Å². The van der Waals surface area contributed by atoms with Gasteiger partial charge in [0.2, 0.25) is 5.91 Å². The molecule has 2 aromatic rings. The lowest BCUT2D eigenvalue weighted by Crippen LogP contribution is -2.35. The topological polar surface area (TPSA) is 145 Å². The fourth-order valence-electron chi connectivity index (χ4n) is 4.92. The van der Waals surface area contributed by atoms with E-state index in [0.29, 0.717) is 54.2 Å². The molecule has 0 aliphatic carbocycles. The number of piperidine rings is 1. The first-order valence-electron chi connectivity index (χ1n) is 15.6. The lowest BCUT2D eigenvalue weighted by molar-refractivity contribution is -0.120. The van der Waals surface area contributed by atoms with Gasteiger partial charge in [0.1, 0.15) is 30.5 Å². The molecule has 0 radical (unpaired) electrons. The molecule has 1 aliphatic rings. The first-order valence-corrected chi connectivity index (χ1v) is 15.6. The summed E-state index contributed by atoms with van der Waals surface area (Å²) >= 11 is 0. The molecule has 47 heavy (non-hydrogen) atoms. The normalized spacial score (nSPS) is 13.6. The number of nitriles is 1. The molecule has 254 valence electrons. The summed E-state index contributed by atoms with van der Waals surface area (Å²) < 4.78 is 20.7. The minimum Gasteiger partial charge on any atom is -0.488 e. The van der Waals surface area contributed by atoms with E-state index in [1.807, 2.05) is 26.2 Å². The summed E-state index contributed by atoms with van der Waals surface area (Å²) in [5, 5.41) is 20.6. The van der Waals surface area contributed by atoms with Crippen molar-refractivity contribution in [2.24, 2.45) is 10.9 Å². The fourth-order valence-corrected chi connectivity index (χ4v) is 4.92. The molecule has 1 unspecified atom stereocenters. The van der Waals surface area contributed by atoms with Crippen LogP contribution in [0.3, 0.4) is 0 Å². The summed E-state index contributed by atoms with van der Waals surface area (Å²) in [5.74, 6) is 0.823. The van der Waals surface area contributed by atoms with Crippen LogP contribution in [0.25, 0.3) is 0 Å². The van der Waals surface area contributed by atoms with Crippen LogP contribution in [0.1, 0.15) is 65.2 Å². The van der Waals surface area contributed by atoms with Crippen LogP contribution in [-0.4, -0.2) is 66.0 Å². The number of carbonyl (C=O) groups excluding carboxylic acids is 3. The van der Waals surface area contributed by atoms with Crippen molar-refractivity contribution in [1.82, 2.24) is 21.3 Å². The van der Waals surface area contributed by atoms with Gasteiger partial charge in [-0.1, -0.05) is 36.9 Å². The summed E-state index contributed by atoms with van der Waals surface area (Å²) in [6, 6.07) is 12.8. The highest BCUT2D eigenvalue weighted by Gasteiger charge is 2.24. The molecule has 1 heterocycles. The number of carbonyl (C=O) groups is 3. The second-order valence-electron chi connectivity index (χ2n) is 10.6. The Morgan fingerprint density at radius 1 is 1.21 bits per heavy atom. The highest BCUT2D eigenvalue weighted by molar-refractivity contribution is 5.83. The number of ether oxygens (including phenoxy) is 1. The predicted molar refractivity (Wildman–Crippen MR) is 185 cm³/mol. The molecule has 11 heteroatoms. The van der Waals surface area contributed by atoms with Crippen LogP contribution in [-0.2, 0) is 22.7 Å². The van der Waals surface area contributed by atoms with Gasteiger partial charge < -0.3 is 30.8 Å². The van der Waals surface area contributed by atoms with E-state index in [0.717, 1.165) is 49.6 Å². The molecule has 1 amide bonds. The summed E-state index contributed by atoms with van der Waals surface area (Å²) in [7, 11) is 6.95. The Morgan fingerprint density at radius 2 is 1.96 bits per heavy atom. The van der Waals surface area contributed by atoms with Gasteiger partial charge in [-0.2, -0.15) is 5.26 Å². The molecule has 0 bridgehead atoms. The number of hydrogen-bond acceptors (Lipinski definition) is 9. The number of allylic oxidation sites excluding steroid dienone is 3. The van der Waals surface area contributed by atoms with Gasteiger partial charge in [0.25, 0.3) is 0 Å². The first-order chi connectivity index (χ1) is 22.8. The number of rotatable bonds is 15. The Bertz CT molecular complexity index is 1370. The van der Waals surface area contributed by atoms with Gasteiger partial charge >= 0.3 is 0 Å². The van der Waals surface area contributed by atoms with E-state index in [9.17, 15) is 18.8 Å². The lowest BCUT2D eigenvalue weighted by atomic mass is 9.86. The zero-order chi connectivity index (χ0) is 34.9. The maximum atomic E-state index is 14.8. The SMILES string of the molecule is C=C/C=C(/C#N)C=NC.CNC(=O)CCCC=O.CNCc1c(C=O)cccc1OCc1ccc(C(NC)C2CCNCC2)cc1F. The van der Waals surface area contributed by atoms with Crippen molar-refractivity contribution in [2.45, 2.75) is 51.3 Å². The Morgan fingerprint density at radius 3 is 2.51 bits per heavy atom. The van der Waals surface area contributed by atoms with Gasteiger partial charge in [-0.05, 0) is 76.1 Å². The fraction of sp³-hybridized carbons (Fsp3) is 0.417. The number of amides is 1. The van der Waals surface area contributed by atoms with Crippen LogP contribution in [0.5, 0.6) is 5.75 Å². The van der Waals surface area contributed by atoms with Gasteiger partial charge in [-0.15, -0.1) is 0 Å². The molecule has 0 spiro atoms. The predicted octanol–water partition coefficient (Wildman–Crippen LogP) is 4.62. The molecule has 10 nitrogen and oxygen atoms in total. The van der Waals surface area contributed by atoms with E-state index in [1.165, 1.54) is 6.21 Å². The standard InChI is InChI=1S/C23H30FN3O2.C7H8N2.C6H11NO2/c1-25-13-20-18(14-28)4-3-5-22(20)29-15-19-7-6-17(12-21(19)24)23(26-2)16-8-10-27-11-9-16;1-3-4-7(5-8)6-9-2;1-7-6(9)4-2-3-5-8/h3-7,12,14,16,23,25-27H,8-11,13,15H2,1-2H3;3-4,6H,1H2,2H3;5H,2-4H2,1H3,(H,7,9)/b;7-4-,9-6?;. The molecule has 1 atom stereocenters. The number of aliphatic imine (C=N–C) groups is 1. The highest BCUT2D eigenvalue weighted by atomic mass is 19.1. The van der Waals surface area contributed by atoms with Crippen LogP contribution in [0.4, 0.5) is 4.39 Å². The maximum absolute atomic E-state index is 14.8. The second kappa shape index (κ2) is 24.7. The summed E-state index contributed by atoms with van der Waals surface area (Å²) in [6.45, 7) is 6.07. The van der Waals surface area contributed by atoms with Crippen molar-refractivity contribution in [3.63, 3.8) is 0 Å². The van der Waals surface area contributed by atoms with Gasteiger partial charge in [-0.3, -0.25) is 14.6 Å². The summed E-state index contributed by atoms with van der Waals surface area (Å²) in [5.41, 5.74) is 3.35. The van der Waals surface area contributed by atoms with Crippen LogP contribution in [0.2, 0.25) is 0 Å². The molecule has 1 fully saturated rings. The molecule has 1 saturated heterocycles. The van der Waals surface area contributed by atoms with Gasteiger partial charge in [0.15, 0.2) is 6.29 Å². The van der Waals surface area contributed by atoms with E-state index in [2.05, 4.69) is 32.8 Å². The number of hydrogen-bond donors (Lipinski definition) is 4. The molecule has 1 aliphatic heterocycles. The number of benzene rings is 2. The Labute approximate surface area is 278 Å². The van der Waals surface area contributed by atoms with Gasteiger partial charge in [-0.25, -0.2) is 4.39 Å². The van der Waals surface area contributed by atoms with Crippen molar-refractivity contribution < 1.29 is 23.5 Å². The molecular formula is C36H49FN6O4. The Kier molecular flexibility index (Phi) is 21.3. The minimum atomic E-state index is -0.265. The smallest absolute Gasteiger partial charge is 0.219 e. The minimum absolute atomic E-state index is 0.00292. The molecule has 0 saturated carbocycles. The third kappa shape index (κ3) is 15.1. The van der Waals surface area contributed by atoms with Gasteiger partial charge in [0, 0.05) is 62.4 Å². The molecule has 0 aromatic heterocycles. The highest BCUT2D eigenvalue weighted by Crippen LogP contribution is 2.30. The van der Waals surface area contributed by atoms with Crippen LogP contribution >= 0.6 is 0 Å². The van der Waals surface area contributed by atoms with E-state index in [4.69, 9.17) is 10.00 Å². The molecule has 2 aromatic carbocycles. The zero-order valence-electron chi connectivity index (χ0n) is 28.0. The van der Waals surface area contributed by atoms with Crippen molar-refractivity contribution in [2.75, 3.05) is 41.3 Å².